The third kappa shape index (κ3) is 4.52. The van der Waals surface area contributed by atoms with E-state index in [2.05, 4.69) is 22.8 Å². The highest BCUT2D eigenvalue weighted by Crippen LogP contribution is 2.30. The van der Waals surface area contributed by atoms with E-state index in [0.29, 0.717) is 6.04 Å². The fourth-order valence-electron chi connectivity index (χ4n) is 4.01. The lowest BCUT2D eigenvalue weighted by atomic mass is 9.82. The summed E-state index contributed by atoms with van der Waals surface area (Å²) in [7, 11) is 1.71. The van der Waals surface area contributed by atoms with Gasteiger partial charge in [-0.25, -0.2) is 0 Å². The maximum atomic E-state index is 5.32. The third-order valence-corrected chi connectivity index (χ3v) is 5.31. The Hall–Kier alpha value is -1.46. The Morgan fingerprint density at radius 1 is 1.04 bits per heavy atom. The minimum absolute atomic E-state index is 0.446. The Kier molecular flexibility index (Phi) is 6.00. The van der Waals surface area contributed by atoms with Crippen molar-refractivity contribution in [3.63, 3.8) is 0 Å². The molecule has 1 unspecified atom stereocenters. The number of nitrogens with zero attached hydrogens (tertiary/aromatic N) is 1. The van der Waals surface area contributed by atoms with Gasteiger partial charge in [0.25, 0.3) is 0 Å². The molecule has 1 aromatic rings. The summed E-state index contributed by atoms with van der Waals surface area (Å²) in [5.74, 6) is 8.75. The number of hydrogen-bond donors (Lipinski definition) is 0. The van der Waals surface area contributed by atoms with Crippen molar-refractivity contribution in [2.45, 2.75) is 57.4 Å². The molecule has 0 N–H and O–H groups in total. The second kappa shape index (κ2) is 8.41. The van der Waals surface area contributed by atoms with Gasteiger partial charge in [0.15, 0.2) is 0 Å². The van der Waals surface area contributed by atoms with E-state index in [1.54, 1.807) is 7.11 Å². The molecule has 1 aromatic carbocycles. The fourth-order valence-corrected chi connectivity index (χ4v) is 4.01. The zero-order valence-corrected chi connectivity index (χ0v) is 14.4. The average molecular weight is 311 g/mol. The van der Waals surface area contributed by atoms with Crippen LogP contribution in [0.3, 0.4) is 0 Å². The van der Waals surface area contributed by atoms with E-state index < -0.39 is 0 Å². The van der Waals surface area contributed by atoms with Crippen molar-refractivity contribution in [3.05, 3.63) is 29.8 Å². The smallest absolute Gasteiger partial charge is 0.120 e. The van der Waals surface area contributed by atoms with Gasteiger partial charge in [0.2, 0.25) is 0 Å². The molecule has 2 aliphatic rings. The van der Waals surface area contributed by atoms with Crippen LogP contribution in [0, 0.1) is 17.8 Å². The van der Waals surface area contributed by atoms with Crippen LogP contribution in [0.4, 0.5) is 0 Å². The van der Waals surface area contributed by atoms with Crippen LogP contribution in [-0.2, 0) is 0 Å². The molecule has 0 radical (unpaired) electrons. The van der Waals surface area contributed by atoms with Crippen LogP contribution in [0.1, 0.15) is 56.9 Å². The van der Waals surface area contributed by atoms with Crippen LogP contribution in [0.15, 0.2) is 24.3 Å². The molecule has 1 atom stereocenters. The van der Waals surface area contributed by atoms with Gasteiger partial charge in [-0.05, 0) is 62.9 Å². The zero-order valence-electron chi connectivity index (χ0n) is 14.4. The summed E-state index contributed by atoms with van der Waals surface area (Å²) in [5.41, 5.74) is 1.07. The largest absolute Gasteiger partial charge is 0.497 e. The summed E-state index contributed by atoms with van der Waals surface area (Å²) in [6.07, 6.45) is 10.9. The molecule has 0 bridgehead atoms. The van der Waals surface area contributed by atoms with E-state index in [1.807, 2.05) is 18.2 Å². The van der Waals surface area contributed by atoms with E-state index in [-0.39, 0.29) is 0 Å². The molecule has 2 fully saturated rings. The SMILES string of the molecule is COc1cccc(C#CC(C2CCCCC2)N2CCCCC2)c1. The van der Waals surface area contributed by atoms with Gasteiger partial charge < -0.3 is 4.74 Å². The standard InChI is InChI=1S/C21H29NO/c1-23-20-12-8-9-18(17-20)13-14-21(19-10-4-2-5-11-19)22-15-6-3-7-16-22/h8-9,12,17,19,21H,2-7,10-11,15-16H2,1H3. The summed E-state index contributed by atoms with van der Waals surface area (Å²) in [6, 6.07) is 8.58. The lowest BCUT2D eigenvalue weighted by Crippen LogP contribution is -2.43. The predicted molar refractivity (Wildman–Crippen MR) is 95.7 cm³/mol. The Bertz CT molecular complexity index is 526. The van der Waals surface area contributed by atoms with Crippen molar-refractivity contribution in [2.75, 3.05) is 20.2 Å². The average Bonchev–Trinajstić information content (AvgIpc) is 2.64. The van der Waals surface area contributed by atoms with E-state index >= 15 is 0 Å². The molecule has 23 heavy (non-hydrogen) atoms. The van der Waals surface area contributed by atoms with Crippen molar-refractivity contribution < 1.29 is 4.74 Å². The van der Waals surface area contributed by atoms with Crippen molar-refractivity contribution in [1.82, 2.24) is 4.90 Å². The van der Waals surface area contributed by atoms with Crippen LogP contribution in [0.2, 0.25) is 0 Å². The maximum absolute atomic E-state index is 5.32. The van der Waals surface area contributed by atoms with E-state index in [1.165, 1.54) is 64.5 Å². The van der Waals surface area contributed by atoms with Crippen LogP contribution in [0.25, 0.3) is 0 Å². The number of hydrogen-bond acceptors (Lipinski definition) is 2. The second-order valence-corrected chi connectivity index (χ2v) is 6.94. The highest BCUT2D eigenvalue weighted by Gasteiger charge is 2.28. The quantitative estimate of drug-likeness (QED) is 0.763. The second-order valence-electron chi connectivity index (χ2n) is 6.94. The van der Waals surface area contributed by atoms with Gasteiger partial charge >= 0.3 is 0 Å². The van der Waals surface area contributed by atoms with Gasteiger partial charge in [-0.2, -0.15) is 0 Å². The minimum Gasteiger partial charge on any atom is -0.497 e. The van der Waals surface area contributed by atoms with Gasteiger partial charge in [-0.15, -0.1) is 0 Å². The van der Waals surface area contributed by atoms with Crippen molar-refractivity contribution in [1.29, 1.82) is 0 Å². The number of ether oxygens (including phenoxy) is 1. The van der Waals surface area contributed by atoms with Crippen molar-refractivity contribution in [2.24, 2.45) is 5.92 Å². The predicted octanol–water partition coefficient (Wildman–Crippen LogP) is 4.48. The summed E-state index contributed by atoms with van der Waals surface area (Å²) >= 11 is 0. The molecule has 0 amide bonds. The summed E-state index contributed by atoms with van der Waals surface area (Å²) < 4.78 is 5.32. The molecule has 1 heterocycles. The molecular formula is C21H29NO. The van der Waals surface area contributed by atoms with Crippen molar-refractivity contribution in [3.8, 4) is 17.6 Å². The molecule has 1 aliphatic carbocycles. The van der Waals surface area contributed by atoms with Crippen LogP contribution in [-0.4, -0.2) is 31.1 Å². The number of benzene rings is 1. The monoisotopic (exact) mass is 311 g/mol. The number of piperidine rings is 1. The number of methoxy groups -OCH3 is 1. The van der Waals surface area contributed by atoms with Gasteiger partial charge in [-0.3, -0.25) is 4.90 Å². The highest BCUT2D eigenvalue weighted by atomic mass is 16.5. The first-order valence-electron chi connectivity index (χ1n) is 9.26. The molecule has 124 valence electrons. The minimum atomic E-state index is 0.446. The number of likely N-dealkylation sites (tertiary alicyclic amines) is 1. The molecule has 0 aromatic heterocycles. The summed E-state index contributed by atoms with van der Waals surface area (Å²) in [6.45, 7) is 2.46. The Labute approximate surface area is 141 Å². The van der Waals surface area contributed by atoms with E-state index in [4.69, 9.17) is 4.74 Å². The molecule has 1 saturated heterocycles. The fraction of sp³-hybridized carbons (Fsp3) is 0.619. The zero-order chi connectivity index (χ0) is 15.9. The van der Waals surface area contributed by atoms with E-state index in [9.17, 15) is 0 Å². The normalized spacial score (nSPS) is 21.3. The Morgan fingerprint density at radius 3 is 2.52 bits per heavy atom. The Balaban J connectivity index is 1.78. The van der Waals surface area contributed by atoms with Crippen LogP contribution in [0.5, 0.6) is 5.75 Å². The molecule has 1 aliphatic heterocycles. The Morgan fingerprint density at radius 2 is 1.78 bits per heavy atom. The van der Waals surface area contributed by atoms with E-state index in [0.717, 1.165) is 17.2 Å². The topological polar surface area (TPSA) is 12.5 Å². The first kappa shape index (κ1) is 16.4. The molecule has 2 nitrogen and oxygen atoms in total. The first-order chi connectivity index (χ1) is 11.4. The van der Waals surface area contributed by atoms with Gasteiger partial charge in [0.05, 0.1) is 13.2 Å². The number of rotatable bonds is 3. The lowest BCUT2D eigenvalue weighted by Gasteiger charge is -2.37. The highest BCUT2D eigenvalue weighted by molar-refractivity contribution is 5.40. The molecule has 1 saturated carbocycles. The third-order valence-electron chi connectivity index (χ3n) is 5.31. The lowest BCUT2D eigenvalue weighted by molar-refractivity contribution is 0.133. The molecule has 2 heteroatoms. The van der Waals surface area contributed by atoms with Gasteiger partial charge in [0, 0.05) is 5.56 Å². The summed E-state index contributed by atoms with van der Waals surface area (Å²) in [4.78, 5) is 2.66. The van der Waals surface area contributed by atoms with Crippen LogP contribution >= 0.6 is 0 Å². The molecule has 3 rings (SSSR count). The van der Waals surface area contributed by atoms with Crippen molar-refractivity contribution >= 4 is 0 Å². The summed E-state index contributed by atoms with van der Waals surface area (Å²) in [5, 5.41) is 0. The molecular weight excluding hydrogens is 282 g/mol. The van der Waals surface area contributed by atoms with Gasteiger partial charge in [-0.1, -0.05) is 43.6 Å². The molecule has 0 spiro atoms. The first-order valence-corrected chi connectivity index (χ1v) is 9.26. The van der Waals surface area contributed by atoms with Crippen LogP contribution < -0.4 is 4.74 Å². The van der Waals surface area contributed by atoms with Gasteiger partial charge in [0.1, 0.15) is 5.75 Å². The maximum Gasteiger partial charge on any atom is 0.120 e.